The van der Waals surface area contributed by atoms with Crippen LogP contribution in [-0.4, -0.2) is 34.1 Å². The normalized spacial score (nSPS) is 11.2. The van der Waals surface area contributed by atoms with Gasteiger partial charge in [0, 0.05) is 6.92 Å². The van der Waals surface area contributed by atoms with Crippen molar-refractivity contribution in [3.63, 3.8) is 0 Å². The summed E-state index contributed by atoms with van der Waals surface area (Å²) in [6, 6.07) is -2.07. The molecule has 0 radical (unpaired) electrons. The molecule has 0 aromatic heterocycles. The van der Waals surface area contributed by atoms with Gasteiger partial charge in [-0.1, -0.05) is 0 Å². The number of nitrogens with zero attached hydrogens (tertiary/aromatic N) is 1. The number of rotatable bonds is 4. The molecule has 1 amide bonds. The SMILES string of the molecule is CC(=O)NC(C(=O)O)C(=O)O[N+](=O)[O-]. The summed E-state index contributed by atoms with van der Waals surface area (Å²) in [7, 11) is 0. The molecule has 0 aliphatic heterocycles. The molecule has 0 aromatic carbocycles. The minimum Gasteiger partial charge on any atom is -0.479 e. The monoisotopic (exact) mass is 206 g/mol. The van der Waals surface area contributed by atoms with Gasteiger partial charge >= 0.3 is 17.0 Å². The molecule has 0 bridgehead atoms. The molecule has 78 valence electrons. The van der Waals surface area contributed by atoms with Crippen LogP contribution in [0, 0.1) is 10.1 Å². The Balaban J connectivity index is 4.49. The first-order valence-corrected chi connectivity index (χ1v) is 3.20. The van der Waals surface area contributed by atoms with E-state index in [0.29, 0.717) is 0 Å². The van der Waals surface area contributed by atoms with Crippen molar-refractivity contribution < 1.29 is 29.4 Å². The second kappa shape index (κ2) is 4.74. The number of carbonyl (C=O) groups excluding carboxylic acids is 2. The molecule has 0 aliphatic rings. The van der Waals surface area contributed by atoms with Gasteiger partial charge in [0.1, 0.15) is 0 Å². The summed E-state index contributed by atoms with van der Waals surface area (Å²) >= 11 is 0. The van der Waals surface area contributed by atoms with E-state index in [2.05, 4.69) is 4.84 Å². The summed E-state index contributed by atoms with van der Waals surface area (Å²) in [4.78, 5) is 44.4. The minimum absolute atomic E-state index is 0.822. The van der Waals surface area contributed by atoms with E-state index in [9.17, 15) is 24.5 Å². The van der Waals surface area contributed by atoms with Gasteiger partial charge in [-0.15, -0.1) is 10.1 Å². The fourth-order valence-electron chi connectivity index (χ4n) is 0.551. The maximum atomic E-state index is 10.7. The highest BCUT2D eigenvalue weighted by molar-refractivity contribution is 6.01. The Morgan fingerprint density at radius 1 is 1.50 bits per heavy atom. The largest absolute Gasteiger partial charge is 0.479 e. The molecular formula is C5H6N2O7. The molecule has 1 unspecified atom stereocenters. The summed E-state index contributed by atoms with van der Waals surface area (Å²) in [6.45, 7) is 0.954. The third kappa shape index (κ3) is 3.99. The van der Waals surface area contributed by atoms with Gasteiger partial charge in [0.25, 0.3) is 0 Å². The molecule has 2 N–H and O–H groups in total. The molecule has 0 saturated heterocycles. The van der Waals surface area contributed by atoms with Crippen molar-refractivity contribution in [1.82, 2.24) is 5.32 Å². The molecule has 9 heteroatoms. The van der Waals surface area contributed by atoms with Crippen LogP contribution in [0.3, 0.4) is 0 Å². The zero-order valence-electron chi connectivity index (χ0n) is 6.92. The summed E-state index contributed by atoms with van der Waals surface area (Å²) in [6.07, 6.45) is 0. The second-order valence-electron chi connectivity index (χ2n) is 2.11. The quantitative estimate of drug-likeness (QED) is 0.318. The fraction of sp³-hybridized carbons (Fsp3) is 0.400. The summed E-state index contributed by atoms with van der Waals surface area (Å²) in [5.41, 5.74) is 0. The molecule has 0 aromatic rings. The molecule has 0 spiro atoms. The topological polar surface area (TPSA) is 136 Å². The van der Waals surface area contributed by atoms with E-state index in [4.69, 9.17) is 5.11 Å². The van der Waals surface area contributed by atoms with Crippen LogP contribution in [0.2, 0.25) is 0 Å². The highest BCUT2D eigenvalue weighted by Crippen LogP contribution is 1.90. The van der Waals surface area contributed by atoms with Crippen LogP contribution in [0.15, 0.2) is 0 Å². The molecule has 0 aliphatic carbocycles. The van der Waals surface area contributed by atoms with Gasteiger partial charge in [-0.3, -0.25) is 9.59 Å². The summed E-state index contributed by atoms with van der Waals surface area (Å²) in [5, 5.41) is 18.3. The summed E-state index contributed by atoms with van der Waals surface area (Å²) in [5.74, 6) is -4.23. The number of aliphatic carboxylic acids is 1. The van der Waals surface area contributed by atoms with E-state index in [1.54, 1.807) is 5.32 Å². The van der Waals surface area contributed by atoms with Gasteiger partial charge in [0.15, 0.2) is 0 Å². The van der Waals surface area contributed by atoms with E-state index in [1.807, 2.05) is 0 Å². The minimum atomic E-state index is -2.07. The smallest absolute Gasteiger partial charge is 0.337 e. The van der Waals surface area contributed by atoms with Crippen LogP contribution >= 0.6 is 0 Å². The van der Waals surface area contributed by atoms with Crippen molar-refractivity contribution in [1.29, 1.82) is 0 Å². The molecule has 1 atom stereocenters. The van der Waals surface area contributed by atoms with E-state index in [-0.39, 0.29) is 0 Å². The average Bonchev–Trinajstić information content (AvgIpc) is 1.97. The number of hydrogen-bond donors (Lipinski definition) is 2. The average molecular weight is 206 g/mol. The van der Waals surface area contributed by atoms with Crippen molar-refractivity contribution in [3.05, 3.63) is 10.1 Å². The number of carboxylic acids is 1. The number of hydrogen-bond acceptors (Lipinski definition) is 6. The standard InChI is InChI=1S/C5H6N2O7/c1-2(8)6-3(4(9)10)5(11)14-7(12)13/h3H,1H3,(H,6,8)(H,9,10). The highest BCUT2D eigenvalue weighted by Gasteiger charge is 2.29. The van der Waals surface area contributed by atoms with E-state index in [1.165, 1.54) is 0 Å². The van der Waals surface area contributed by atoms with Gasteiger partial charge in [0.05, 0.1) is 0 Å². The zero-order chi connectivity index (χ0) is 11.3. The van der Waals surface area contributed by atoms with Crippen molar-refractivity contribution in [2.75, 3.05) is 0 Å². The Morgan fingerprint density at radius 3 is 2.29 bits per heavy atom. The molecular weight excluding hydrogens is 200 g/mol. The van der Waals surface area contributed by atoms with Crippen LogP contribution in [0.4, 0.5) is 0 Å². The first-order chi connectivity index (χ1) is 6.34. The Bertz CT molecular complexity index is 286. The number of carboxylic acid groups (broad SMARTS) is 1. The lowest BCUT2D eigenvalue weighted by Gasteiger charge is -2.09. The van der Waals surface area contributed by atoms with Crippen LogP contribution in [-0.2, 0) is 19.2 Å². The first-order valence-electron chi connectivity index (χ1n) is 3.20. The molecule has 14 heavy (non-hydrogen) atoms. The van der Waals surface area contributed by atoms with Crippen molar-refractivity contribution in [3.8, 4) is 0 Å². The van der Waals surface area contributed by atoms with Crippen molar-refractivity contribution in [2.24, 2.45) is 0 Å². The number of amides is 1. The van der Waals surface area contributed by atoms with Crippen LogP contribution < -0.4 is 5.32 Å². The second-order valence-corrected chi connectivity index (χ2v) is 2.11. The van der Waals surface area contributed by atoms with Gasteiger partial charge in [-0.25, -0.2) is 9.63 Å². The third-order valence-electron chi connectivity index (χ3n) is 0.995. The van der Waals surface area contributed by atoms with Crippen molar-refractivity contribution >= 4 is 17.8 Å². The Labute approximate surface area is 76.7 Å². The van der Waals surface area contributed by atoms with E-state index in [0.717, 1.165) is 6.92 Å². The van der Waals surface area contributed by atoms with Crippen LogP contribution in [0.25, 0.3) is 0 Å². The maximum absolute atomic E-state index is 10.7. The lowest BCUT2D eigenvalue weighted by Crippen LogP contribution is -2.47. The molecule has 0 fully saturated rings. The Morgan fingerprint density at radius 2 is 2.00 bits per heavy atom. The van der Waals surface area contributed by atoms with Gasteiger partial charge in [-0.2, -0.15) is 0 Å². The van der Waals surface area contributed by atoms with Gasteiger partial charge < -0.3 is 10.4 Å². The van der Waals surface area contributed by atoms with Crippen molar-refractivity contribution in [2.45, 2.75) is 13.0 Å². The van der Waals surface area contributed by atoms with Gasteiger partial charge in [-0.05, 0) is 0 Å². The lowest BCUT2D eigenvalue weighted by atomic mass is 10.3. The predicted octanol–water partition coefficient (Wildman–Crippen LogP) is -1.69. The van der Waals surface area contributed by atoms with E-state index < -0.39 is 29.0 Å². The Kier molecular flexibility index (Phi) is 4.00. The number of nitrogens with one attached hydrogen (secondary N) is 1. The third-order valence-corrected chi connectivity index (χ3v) is 0.995. The molecule has 0 rings (SSSR count). The maximum Gasteiger partial charge on any atom is 0.337 e. The zero-order valence-corrected chi connectivity index (χ0v) is 6.92. The highest BCUT2D eigenvalue weighted by atomic mass is 17.0. The Hall–Kier alpha value is -2.19. The molecule has 0 heterocycles. The lowest BCUT2D eigenvalue weighted by molar-refractivity contribution is -0.729. The summed E-state index contributed by atoms with van der Waals surface area (Å²) < 4.78 is 0. The fourth-order valence-corrected chi connectivity index (χ4v) is 0.551. The van der Waals surface area contributed by atoms with Crippen LogP contribution in [0.1, 0.15) is 6.92 Å². The van der Waals surface area contributed by atoms with Crippen LogP contribution in [0.5, 0.6) is 0 Å². The van der Waals surface area contributed by atoms with E-state index >= 15 is 0 Å². The first kappa shape index (κ1) is 11.8. The molecule has 9 nitrogen and oxygen atoms in total. The van der Waals surface area contributed by atoms with Gasteiger partial charge in [0.2, 0.25) is 11.9 Å². The number of carbonyl (C=O) groups is 3. The molecule has 0 saturated carbocycles. The predicted molar refractivity (Wildman–Crippen MR) is 38.3 cm³/mol.